The smallest absolute Gasteiger partial charge is 0.430 e. The molecule has 3 heterocycles. The molecule has 3 aromatic carbocycles. The molecule has 10 heteroatoms. The number of carboxylic acids is 1. The van der Waals surface area contributed by atoms with E-state index in [1.807, 2.05) is 91.0 Å². The predicted molar refractivity (Wildman–Crippen MR) is 150 cm³/mol. The van der Waals surface area contributed by atoms with E-state index in [4.69, 9.17) is 19.4 Å². The maximum atomic E-state index is 13.6. The first kappa shape index (κ1) is 32.0. The quantitative estimate of drug-likeness (QED) is 0.215. The number of benzene rings is 3. The number of para-hydroxylation sites is 1. The summed E-state index contributed by atoms with van der Waals surface area (Å²) in [5.74, 6) is -2.28. The number of carboxylic acid groups (broad SMARTS) is 1. The Morgan fingerprint density at radius 3 is 1.98 bits per heavy atom. The molecule has 1 N–H and O–H groups in total. The largest absolute Gasteiger partial charge is 0.542 e. The Bertz CT molecular complexity index is 1310. The van der Waals surface area contributed by atoms with Gasteiger partial charge in [0.05, 0.1) is 26.2 Å². The number of rotatable bonds is 10. The molecular weight excluding hydrogens is 563 g/mol. The van der Waals surface area contributed by atoms with Gasteiger partial charge < -0.3 is 29.0 Å². The summed E-state index contributed by atoms with van der Waals surface area (Å²) < 4.78 is 44.6. The number of carbonyl (C=O) groups excluding carboxylic acids is 2. The molecule has 3 aromatic rings. The molecule has 3 saturated heterocycles. The highest BCUT2D eigenvalue weighted by Crippen LogP contribution is 2.37. The Labute approximate surface area is 249 Å². The lowest BCUT2D eigenvalue weighted by molar-refractivity contribution is -0.946. The summed E-state index contributed by atoms with van der Waals surface area (Å²) in [5.41, 5.74) is -0.248. The van der Waals surface area contributed by atoms with Crippen LogP contribution in [0.2, 0.25) is 0 Å². The highest BCUT2D eigenvalue weighted by Gasteiger charge is 2.49. The highest BCUT2D eigenvalue weighted by molar-refractivity contribution is 5.81. The van der Waals surface area contributed by atoms with E-state index in [1.54, 1.807) is 0 Å². The predicted octanol–water partition coefficient (Wildman–Crippen LogP) is 4.04. The summed E-state index contributed by atoms with van der Waals surface area (Å²) in [7, 11) is 0. The van der Waals surface area contributed by atoms with E-state index in [9.17, 15) is 23.1 Å². The number of ether oxygens (including phenoxy) is 2. The second kappa shape index (κ2) is 14.1. The lowest BCUT2D eigenvalue weighted by atomic mass is 9.82. The van der Waals surface area contributed by atoms with Crippen LogP contribution in [0.3, 0.4) is 0 Å². The number of fused-ring (bicyclic) bond motifs is 3. The summed E-state index contributed by atoms with van der Waals surface area (Å²) >= 11 is 0. The van der Waals surface area contributed by atoms with Gasteiger partial charge in [0.2, 0.25) is 0 Å². The first-order chi connectivity index (χ1) is 20.5. The fourth-order valence-electron chi connectivity index (χ4n) is 5.91. The van der Waals surface area contributed by atoms with Gasteiger partial charge in [-0.3, -0.25) is 0 Å². The fourth-order valence-corrected chi connectivity index (χ4v) is 5.91. The van der Waals surface area contributed by atoms with Gasteiger partial charge in [0, 0.05) is 31.6 Å². The summed E-state index contributed by atoms with van der Waals surface area (Å²) in [6, 6.07) is 28.8. The molecule has 3 fully saturated rings. The van der Waals surface area contributed by atoms with Gasteiger partial charge in [-0.1, -0.05) is 78.9 Å². The standard InChI is InChI=1S/C31H36NO4.C2HF3O2/c33-30(31(34,27-13-6-2-7-14-27)23-25-11-4-1-5-12-25)36-29-24-32(20-17-26(29)18-21-32)19-10-22-35-28-15-8-3-9-16-28;3-2(4,5)1(6)7/h1-9,11-16,26,29,34H,10,17-24H2;(H,6,7)/q+1;/p-1/t26?,29-,31?,32?;/m0./s1. The van der Waals surface area contributed by atoms with Gasteiger partial charge in [-0.25, -0.2) is 4.79 Å². The molecule has 0 spiro atoms. The maximum absolute atomic E-state index is 13.6. The molecule has 7 nitrogen and oxygen atoms in total. The number of hydrogen-bond acceptors (Lipinski definition) is 6. The van der Waals surface area contributed by atoms with Crippen molar-refractivity contribution in [2.24, 2.45) is 5.92 Å². The van der Waals surface area contributed by atoms with E-state index < -0.39 is 23.7 Å². The summed E-state index contributed by atoms with van der Waals surface area (Å²) in [4.78, 5) is 22.4. The van der Waals surface area contributed by atoms with E-state index in [0.29, 0.717) is 18.1 Å². The lowest BCUT2D eigenvalue weighted by Crippen LogP contribution is -2.65. The summed E-state index contributed by atoms with van der Waals surface area (Å²) in [6.07, 6.45) is -2.10. The molecule has 43 heavy (non-hydrogen) atoms. The third-order valence-corrected chi connectivity index (χ3v) is 8.21. The molecule has 2 atom stereocenters. The van der Waals surface area contributed by atoms with Crippen molar-refractivity contribution in [3.8, 4) is 5.75 Å². The molecule has 1 unspecified atom stereocenters. The van der Waals surface area contributed by atoms with Crippen LogP contribution in [0, 0.1) is 5.92 Å². The van der Waals surface area contributed by atoms with E-state index in [0.717, 1.165) is 61.2 Å². The van der Waals surface area contributed by atoms with Crippen LogP contribution in [0.15, 0.2) is 91.0 Å². The molecule has 230 valence electrons. The van der Waals surface area contributed by atoms with E-state index in [1.165, 1.54) is 0 Å². The Morgan fingerprint density at radius 2 is 1.42 bits per heavy atom. The maximum Gasteiger partial charge on any atom is 0.430 e. The molecular formula is C33H36F3NO6. The third-order valence-electron chi connectivity index (χ3n) is 8.21. The SMILES string of the molecule is O=C(O[C@H]1C[N+]2(CCCOc3ccccc3)CCC1CC2)C(O)(Cc1ccccc1)c1ccccc1.O=C([O-])C(F)(F)F. The number of carbonyl (C=O) groups is 2. The van der Waals surface area contributed by atoms with Crippen molar-refractivity contribution in [1.29, 1.82) is 0 Å². The van der Waals surface area contributed by atoms with Crippen molar-refractivity contribution in [1.82, 2.24) is 0 Å². The number of hydrogen-bond donors (Lipinski definition) is 1. The van der Waals surface area contributed by atoms with E-state index >= 15 is 0 Å². The van der Waals surface area contributed by atoms with Crippen molar-refractivity contribution in [2.45, 2.75) is 43.6 Å². The van der Waals surface area contributed by atoms with E-state index in [-0.39, 0.29) is 12.5 Å². The van der Waals surface area contributed by atoms with Crippen LogP contribution in [-0.2, 0) is 26.3 Å². The summed E-state index contributed by atoms with van der Waals surface area (Å²) in [5, 5.41) is 20.5. The first-order valence-corrected chi connectivity index (χ1v) is 14.3. The number of esters is 1. The Hall–Kier alpha value is -3.89. The number of nitrogens with zero attached hydrogens (tertiary/aromatic N) is 1. The molecule has 0 saturated carbocycles. The minimum atomic E-state index is -5.19. The van der Waals surface area contributed by atoms with Gasteiger partial charge in [0.1, 0.15) is 18.3 Å². The van der Waals surface area contributed by atoms with Gasteiger partial charge in [-0.05, 0) is 23.3 Å². The van der Waals surface area contributed by atoms with Gasteiger partial charge in [-0.15, -0.1) is 0 Å². The summed E-state index contributed by atoms with van der Waals surface area (Å²) in [6.45, 7) is 4.76. The lowest BCUT2D eigenvalue weighted by Gasteiger charge is -2.52. The zero-order valence-electron chi connectivity index (χ0n) is 23.7. The molecule has 0 radical (unpaired) electrons. The van der Waals surface area contributed by atoms with Crippen molar-refractivity contribution >= 4 is 11.9 Å². The van der Waals surface area contributed by atoms with Gasteiger partial charge >= 0.3 is 12.1 Å². The van der Waals surface area contributed by atoms with Crippen molar-refractivity contribution in [2.75, 3.05) is 32.8 Å². The molecule has 0 aliphatic carbocycles. The second-order valence-electron chi connectivity index (χ2n) is 11.2. The number of halogens is 3. The van der Waals surface area contributed by atoms with Gasteiger partial charge in [0.15, 0.2) is 11.7 Å². The normalized spacial score (nSPS) is 22.4. The number of quaternary nitrogens is 1. The Balaban J connectivity index is 0.000000541. The van der Waals surface area contributed by atoms with Gasteiger partial charge in [0.25, 0.3) is 0 Å². The van der Waals surface area contributed by atoms with Crippen LogP contribution < -0.4 is 9.84 Å². The van der Waals surface area contributed by atoms with Crippen LogP contribution in [0.1, 0.15) is 30.4 Å². The average Bonchev–Trinajstić information content (AvgIpc) is 3.01. The van der Waals surface area contributed by atoms with E-state index in [2.05, 4.69) is 0 Å². The molecule has 0 amide bonds. The molecule has 3 aliphatic rings. The Morgan fingerprint density at radius 1 is 0.884 bits per heavy atom. The van der Waals surface area contributed by atoms with Crippen LogP contribution in [0.25, 0.3) is 0 Å². The molecule has 3 aliphatic heterocycles. The first-order valence-electron chi connectivity index (χ1n) is 14.3. The second-order valence-corrected chi connectivity index (χ2v) is 11.2. The number of aliphatic carboxylic acids is 1. The molecule has 2 bridgehead atoms. The van der Waals surface area contributed by atoms with Crippen LogP contribution in [0.4, 0.5) is 13.2 Å². The molecule has 6 rings (SSSR count). The van der Waals surface area contributed by atoms with Crippen molar-refractivity contribution in [3.05, 3.63) is 102 Å². The monoisotopic (exact) mass is 599 g/mol. The average molecular weight is 600 g/mol. The van der Waals surface area contributed by atoms with Crippen LogP contribution in [-0.4, -0.2) is 66.6 Å². The minimum Gasteiger partial charge on any atom is -0.542 e. The Kier molecular flexibility index (Phi) is 10.5. The van der Waals surface area contributed by atoms with Crippen LogP contribution >= 0.6 is 0 Å². The topological polar surface area (TPSA) is 95.9 Å². The van der Waals surface area contributed by atoms with Crippen molar-refractivity contribution in [3.63, 3.8) is 0 Å². The molecule has 0 aromatic heterocycles. The number of alkyl halides is 3. The minimum absolute atomic E-state index is 0.166. The fraction of sp³-hybridized carbons (Fsp3) is 0.394. The number of piperidine rings is 3. The third kappa shape index (κ3) is 8.58. The van der Waals surface area contributed by atoms with Gasteiger partial charge in [-0.2, -0.15) is 13.2 Å². The zero-order chi connectivity index (χ0) is 30.9. The van der Waals surface area contributed by atoms with Crippen LogP contribution in [0.5, 0.6) is 5.75 Å². The zero-order valence-corrected chi connectivity index (χ0v) is 23.7. The van der Waals surface area contributed by atoms with Crippen molar-refractivity contribution < 1.29 is 46.9 Å². The highest BCUT2D eigenvalue weighted by atomic mass is 19.4. The number of aliphatic hydroxyl groups is 1.